The topological polar surface area (TPSA) is 109 Å². The molecule has 1 fully saturated rings. The Balaban J connectivity index is 1.12. The minimum absolute atomic E-state index is 0.0392. The molecule has 8 heteroatoms. The Morgan fingerprint density at radius 3 is 2.42 bits per heavy atom. The lowest BCUT2D eigenvalue weighted by Crippen LogP contribution is -2.29. The maximum absolute atomic E-state index is 13.1. The number of nitrogens with one attached hydrogen (secondary N) is 2. The van der Waals surface area contributed by atoms with E-state index in [4.69, 9.17) is 5.73 Å². The molecule has 40 heavy (non-hydrogen) atoms. The fourth-order valence-electron chi connectivity index (χ4n) is 5.76. The standard InChI is InChI=1S/C32H31N7O/c33-31-27-16-23(8-9-28(27)36-37-31)25-10-12-34-32-26(25)18-29(35-32)24-11-15-39(30(40)17-24)20-22-6-4-21(5-7-22)19-38-13-2-1-3-14-38/h4-12,15-18H,1-3,13-14,19-20H2,(H,34,35)(H3,33,36,37). The number of hydrogen-bond acceptors (Lipinski definition) is 5. The number of aromatic nitrogens is 5. The van der Waals surface area contributed by atoms with Gasteiger partial charge in [0.1, 0.15) is 5.65 Å². The number of rotatable bonds is 6. The van der Waals surface area contributed by atoms with Crippen LogP contribution in [-0.2, 0) is 13.1 Å². The summed E-state index contributed by atoms with van der Waals surface area (Å²) in [5, 5.41) is 8.92. The Kier molecular flexibility index (Phi) is 6.17. The van der Waals surface area contributed by atoms with E-state index in [0.717, 1.165) is 56.4 Å². The Hall–Kier alpha value is -4.69. The monoisotopic (exact) mass is 529 g/mol. The van der Waals surface area contributed by atoms with Crippen molar-refractivity contribution in [3.8, 4) is 22.4 Å². The number of piperidine rings is 1. The first kappa shape index (κ1) is 24.4. The van der Waals surface area contributed by atoms with Crippen molar-refractivity contribution in [3.63, 3.8) is 0 Å². The summed E-state index contributed by atoms with van der Waals surface area (Å²) in [4.78, 5) is 23.5. The Bertz CT molecular complexity index is 1870. The smallest absolute Gasteiger partial charge is 0.251 e. The van der Waals surface area contributed by atoms with Gasteiger partial charge in [-0.25, -0.2) is 4.98 Å². The number of pyridine rings is 2. The third-order valence-corrected chi connectivity index (χ3v) is 7.97. The predicted octanol–water partition coefficient (Wildman–Crippen LogP) is 5.55. The first-order chi connectivity index (χ1) is 19.6. The van der Waals surface area contributed by atoms with Gasteiger partial charge in [-0.05, 0) is 78.5 Å². The van der Waals surface area contributed by atoms with Gasteiger partial charge in [-0.2, -0.15) is 5.10 Å². The summed E-state index contributed by atoms with van der Waals surface area (Å²) in [6, 6.07) is 22.4. The minimum Gasteiger partial charge on any atom is -0.382 e. The molecule has 5 heterocycles. The van der Waals surface area contributed by atoms with Crippen LogP contribution < -0.4 is 11.3 Å². The number of likely N-dealkylation sites (tertiary alicyclic amines) is 1. The zero-order chi connectivity index (χ0) is 27.1. The predicted molar refractivity (Wildman–Crippen MR) is 160 cm³/mol. The van der Waals surface area contributed by atoms with E-state index in [1.165, 1.54) is 37.9 Å². The number of anilines is 1. The highest BCUT2D eigenvalue weighted by atomic mass is 16.1. The van der Waals surface area contributed by atoms with E-state index < -0.39 is 0 Å². The van der Waals surface area contributed by atoms with Gasteiger partial charge in [0.05, 0.1) is 12.1 Å². The van der Waals surface area contributed by atoms with Crippen molar-refractivity contribution < 1.29 is 0 Å². The fourth-order valence-corrected chi connectivity index (χ4v) is 5.76. The normalized spacial score (nSPS) is 14.3. The molecule has 1 saturated heterocycles. The van der Waals surface area contributed by atoms with Gasteiger partial charge in [0.25, 0.3) is 5.56 Å². The number of H-pyrrole nitrogens is 2. The molecule has 0 aliphatic carbocycles. The third kappa shape index (κ3) is 4.67. The van der Waals surface area contributed by atoms with Gasteiger partial charge in [0.15, 0.2) is 5.82 Å². The molecule has 0 spiro atoms. The van der Waals surface area contributed by atoms with Crippen LogP contribution in [0.15, 0.2) is 83.9 Å². The summed E-state index contributed by atoms with van der Waals surface area (Å²) in [6.07, 6.45) is 7.60. The average Bonchev–Trinajstić information content (AvgIpc) is 3.59. The molecule has 4 aromatic heterocycles. The largest absolute Gasteiger partial charge is 0.382 e. The number of hydrogen-bond donors (Lipinski definition) is 3. The summed E-state index contributed by atoms with van der Waals surface area (Å²) < 4.78 is 1.75. The molecule has 6 aromatic rings. The van der Waals surface area contributed by atoms with Gasteiger partial charge in [-0.15, -0.1) is 0 Å². The molecule has 0 amide bonds. The van der Waals surface area contributed by atoms with Crippen molar-refractivity contribution in [1.29, 1.82) is 0 Å². The van der Waals surface area contributed by atoms with Gasteiger partial charge in [-0.1, -0.05) is 36.8 Å². The van der Waals surface area contributed by atoms with Crippen molar-refractivity contribution in [2.24, 2.45) is 0 Å². The van der Waals surface area contributed by atoms with Crippen LogP contribution >= 0.6 is 0 Å². The lowest BCUT2D eigenvalue weighted by Gasteiger charge is -2.26. The molecule has 0 bridgehead atoms. The third-order valence-electron chi connectivity index (χ3n) is 7.97. The number of aromatic amines is 2. The highest BCUT2D eigenvalue weighted by Gasteiger charge is 2.13. The number of nitrogen functional groups attached to an aromatic ring is 1. The number of nitrogens with zero attached hydrogens (tertiary/aromatic N) is 4. The summed E-state index contributed by atoms with van der Waals surface area (Å²) >= 11 is 0. The van der Waals surface area contributed by atoms with Crippen molar-refractivity contribution in [1.82, 2.24) is 29.6 Å². The van der Waals surface area contributed by atoms with E-state index >= 15 is 0 Å². The second-order valence-electron chi connectivity index (χ2n) is 10.7. The Morgan fingerprint density at radius 2 is 1.62 bits per heavy atom. The van der Waals surface area contributed by atoms with Gasteiger partial charge in [-0.3, -0.25) is 14.8 Å². The van der Waals surface area contributed by atoms with Crippen molar-refractivity contribution in [2.45, 2.75) is 32.4 Å². The molecule has 0 radical (unpaired) electrons. The lowest BCUT2D eigenvalue weighted by atomic mass is 10.0. The summed E-state index contributed by atoms with van der Waals surface area (Å²) in [5.41, 5.74) is 13.8. The van der Waals surface area contributed by atoms with Gasteiger partial charge in [0.2, 0.25) is 0 Å². The van der Waals surface area contributed by atoms with Gasteiger partial charge in [0, 0.05) is 47.0 Å². The van der Waals surface area contributed by atoms with Crippen molar-refractivity contribution >= 4 is 27.8 Å². The molecule has 0 saturated carbocycles. The van der Waals surface area contributed by atoms with E-state index in [1.54, 1.807) is 16.8 Å². The summed E-state index contributed by atoms with van der Waals surface area (Å²) in [7, 11) is 0. The summed E-state index contributed by atoms with van der Waals surface area (Å²) in [6.45, 7) is 3.92. The van der Waals surface area contributed by atoms with Crippen LogP contribution in [0.3, 0.4) is 0 Å². The van der Waals surface area contributed by atoms with E-state index in [0.29, 0.717) is 12.4 Å². The van der Waals surface area contributed by atoms with Crippen LogP contribution in [0.2, 0.25) is 0 Å². The number of benzene rings is 2. The minimum atomic E-state index is -0.0392. The van der Waals surface area contributed by atoms with Crippen LogP contribution in [0.4, 0.5) is 5.82 Å². The molecule has 200 valence electrons. The maximum atomic E-state index is 13.1. The molecule has 8 nitrogen and oxygen atoms in total. The molecular weight excluding hydrogens is 498 g/mol. The lowest BCUT2D eigenvalue weighted by molar-refractivity contribution is 0.221. The fraction of sp³-hybridized carbons (Fsp3) is 0.219. The summed E-state index contributed by atoms with van der Waals surface area (Å²) in [5.74, 6) is 0.478. The van der Waals surface area contributed by atoms with Crippen LogP contribution in [0, 0.1) is 0 Å². The molecule has 0 unspecified atom stereocenters. The van der Waals surface area contributed by atoms with Crippen LogP contribution in [-0.4, -0.2) is 42.7 Å². The van der Waals surface area contributed by atoms with E-state index in [-0.39, 0.29) is 5.56 Å². The Morgan fingerprint density at radius 1 is 0.825 bits per heavy atom. The van der Waals surface area contributed by atoms with Crippen molar-refractivity contribution in [2.75, 3.05) is 18.8 Å². The van der Waals surface area contributed by atoms with E-state index in [1.807, 2.05) is 36.5 Å². The molecule has 1 aliphatic rings. The van der Waals surface area contributed by atoms with Crippen LogP contribution in [0.25, 0.3) is 44.3 Å². The zero-order valence-corrected chi connectivity index (χ0v) is 22.2. The molecular formula is C32H31N7O. The van der Waals surface area contributed by atoms with Gasteiger partial charge < -0.3 is 15.3 Å². The average molecular weight is 530 g/mol. The first-order valence-electron chi connectivity index (χ1n) is 13.8. The quantitative estimate of drug-likeness (QED) is 0.262. The maximum Gasteiger partial charge on any atom is 0.251 e. The van der Waals surface area contributed by atoms with E-state index in [2.05, 4.69) is 55.4 Å². The molecule has 4 N–H and O–H groups in total. The molecule has 7 rings (SSSR count). The second kappa shape index (κ2) is 10.1. The SMILES string of the molecule is Nc1n[nH]c2ccc(-c3ccnc4[nH]c(-c5ccn(Cc6ccc(CN7CCCCC7)cc6)c(=O)c5)cc34)cc12. The molecule has 0 atom stereocenters. The Labute approximate surface area is 231 Å². The van der Waals surface area contributed by atoms with Crippen molar-refractivity contribution in [3.05, 3.63) is 101 Å². The van der Waals surface area contributed by atoms with Gasteiger partial charge >= 0.3 is 0 Å². The van der Waals surface area contributed by atoms with E-state index in [9.17, 15) is 4.79 Å². The first-order valence-corrected chi connectivity index (χ1v) is 13.8. The highest BCUT2D eigenvalue weighted by molar-refractivity contribution is 5.99. The second-order valence-corrected chi connectivity index (χ2v) is 10.7. The van der Waals surface area contributed by atoms with Crippen LogP contribution in [0.5, 0.6) is 0 Å². The van der Waals surface area contributed by atoms with Crippen LogP contribution in [0.1, 0.15) is 30.4 Å². The highest BCUT2D eigenvalue weighted by Crippen LogP contribution is 2.33. The molecule has 1 aliphatic heterocycles. The molecule has 2 aromatic carbocycles. The number of fused-ring (bicyclic) bond motifs is 2. The zero-order valence-electron chi connectivity index (χ0n) is 22.2. The number of nitrogens with two attached hydrogens (primary N) is 1.